The molecule has 0 saturated carbocycles. The third-order valence-corrected chi connectivity index (χ3v) is 3.96. The third kappa shape index (κ3) is 1.96. The van der Waals surface area contributed by atoms with Gasteiger partial charge in [-0.1, -0.05) is 60.7 Å². The Morgan fingerprint density at radius 3 is 2.09 bits per heavy atom. The van der Waals surface area contributed by atoms with Gasteiger partial charge in [-0.2, -0.15) is 0 Å². The molecule has 0 aromatic heterocycles. The van der Waals surface area contributed by atoms with E-state index in [9.17, 15) is 15.0 Å². The van der Waals surface area contributed by atoms with E-state index in [-0.39, 0.29) is 11.3 Å². The number of aliphatic hydroxyl groups is 2. The number of carbonyl (C=O) groups is 1. The molecule has 0 heterocycles. The molecule has 0 spiro atoms. The summed E-state index contributed by atoms with van der Waals surface area (Å²) in [5, 5.41) is 21.4. The molecule has 0 aliphatic heterocycles. The molecule has 2 N–H and O–H groups in total. The maximum atomic E-state index is 12.9. The van der Waals surface area contributed by atoms with E-state index >= 15 is 0 Å². The fourth-order valence-corrected chi connectivity index (χ4v) is 2.83. The van der Waals surface area contributed by atoms with Crippen molar-refractivity contribution in [2.45, 2.75) is 11.7 Å². The van der Waals surface area contributed by atoms with Crippen LogP contribution in [0.3, 0.4) is 0 Å². The van der Waals surface area contributed by atoms with E-state index in [0.717, 1.165) is 0 Å². The lowest BCUT2D eigenvalue weighted by atomic mass is 9.86. The van der Waals surface area contributed by atoms with Gasteiger partial charge >= 0.3 is 0 Å². The Bertz CT molecular complexity index is 721. The smallest absolute Gasteiger partial charge is 0.206 e. The highest BCUT2D eigenvalue weighted by atomic mass is 16.5. The number of Topliss-reactive ketones (excluding diaryl/α,β-unsaturated/α-hetero) is 1. The number of benzene rings is 2. The fraction of sp³-hybridized carbons (Fsp3) is 0.167. The highest BCUT2D eigenvalue weighted by Crippen LogP contribution is 2.43. The molecule has 0 saturated heterocycles. The van der Waals surface area contributed by atoms with Gasteiger partial charge in [-0.3, -0.25) is 4.79 Å². The molecule has 2 aromatic rings. The van der Waals surface area contributed by atoms with Crippen molar-refractivity contribution in [2.75, 3.05) is 7.11 Å². The van der Waals surface area contributed by atoms with Crippen LogP contribution in [0.4, 0.5) is 0 Å². The summed E-state index contributed by atoms with van der Waals surface area (Å²) < 4.78 is 5.23. The first-order valence-electron chi connectivity index (χ1n) is 6.95. The van der Waals surface area contributed by atoms with Crippen molar-refractivity contribution in [3.63, 3.8) is 0 Å². The number of rotatable bonds is 3. The molecule has 4 heteroatoms. The minimum absolute atomic E-state index is 0.0857. The largest absolute Gasteiger partial charge is 0.497 e. The second kappa shape index (κ2) is 5.40. The summed E-state index contributed by atoms with van der Waals surface area (Å²) in [7, 11) is 1.38. The number of methoxy groups -OCH3 is 1. The molecule has 0 amide bonds. The predicted octanol–water partition coefficient (Wildman–Crippen LogP) is 1.88. The van der Waals surface area contributed by atoms with Crippen molar-refractivity contribution in [3.05, 3.63) is 77.5 Å². The van der Waals surface area contributed by atoms with Crippen LogP contribution in [0.15, 0.2) is 66.4 Å². The van der Waals surface area contributed by atoms with Gasteiger partial charge < -0.3 is 14.9 Å². The molecule has 2 atom stereocenters. The molecular formula is C18H16O4. The summed E-state index contributed by atoms with van der Waals surface area (Å²) in [6, 6.07) is 17.3. The Kier molecular flexibility index (Phi) is 3.56. The van der Waals surface area contributed by atoms with Gasteiger partial charge in [0.05, 0.1) is 12.7 Å². The molecule has 1 aliphatic rings. The minimum Gasteiger partial charge on any atom is -0.497 e. The Balaban J connectivity index is 2.16. The number of carbonyl (C=O) groups excluding carboxylic acids is 1. The normalized spacial score (nSPS) is 24.7. The van der Waals surface area contributed by atoms with Gasteiger partial charge in [-0.15, -0.1) is 0 Å². The molecule has 0 bridgehead atoms. The van der Waals surface area contributed by atoms with Crippen LogP contribution in [0, 0.1) is 0 Å². The van der Waals surface area contributed by atoms with Gasteiger partial charge in [-0.25, -0.2) is 0 Å². The molecule has 3 rings (SSSR count). The van der Waals surface area contributed by atoms with Crippen LogP contribution in [0.25, 0.3) is 5.57 Å². The summed E-state index contributed by atoms with van der Waals surface area (Å²) in [6.07, 6.45) is -1.44. The first-order chi connectivity index (χ1) is 10.6. The van der Waals surface area contributed by atoms with Gasteiger partial charge in [0.1, 0.15) is 5.76 Å². The van der Waals surface area contributed by atoms with Crippen molar-refractivity contribution in [1.29, 1.82) is 0 Å². The predicted molar refractivity (Wildman–Crippen MR) is 81.7 cm³/mol. The molecule has 1 aliphatic carbocycles. The lowest BCUT2D eigenvalue weighted by Crippen LogP contribution is -2.42. The number of ketones is 1. The summed E-state index contributed by atoms with van der Waals surface area (Å²) in [6.45, 7) is 0. The van der Waals surface area contributed by atoms with Gasteiger partial charge in [0, 0.05) is 0 Å². The first-order valence-corrected chi connectivity index (χ1v) is 6.95. The van der Waals surface area contributed by atoms with Crippen LogP contribution in [-0.2, 0) is 15.1 Å². The van der Waals surface area contributed by atoms with E-state index in [1.54, 1.807) is 54.6 Å². The topological polar surface area (TPSA) is 66.8 Å². The lowest BCUT2D eigenvalue weighted by Gasteiger charge is -2.26. The highest BCUT2D eigenvalue weighted by molar-refractivity contribution is 6.28. The van der Waals surface area contributed by atoms with Gasteiger partial charge in [0.15, 0.2) is 11.7 Å². The SMILES string of the molecule is COC1=C(c2ccccc2)C(=O)[C@](O)(c2ccccc2)[C@@H]1O. The second-order valence-electron chi connectivity index (χ2n) is 5.17. The molecule has 0 radical (unpaired) electrons. The molecule has 22 heavy (non-hydrogen) atoms. The van der Waals surface area contributed by atoms with Crippen LogP contribution in [0.5, 0.6) is 0 Å². The van der Waals surface area contributed by atoms with E-state index in [2.05, 4.69) is 0 Å². The molecule has 112 valence electrons. The zero-order valence-corrected chi connectivity index (χ0v) is 12.1. The summed E-state index contributed by atoms with van der Waals surface area (Å²) in [5.41, 5.74) is -0.872. The van der Waals surface area contributed by atoms with Crippen LogP contribution < -0.4 is 0 Å². The average molecular weight is 296 g/mol. The van der Waals surface area contributed by atoms with Crippen molar-refractivity contribution in [3.8, 4) is 0 Å². The molecule has 0 unspecified atom stereocenters. The maximum Gasteiger partial charge on any atom is 0.206 e. The summed E-state index contributed by atoms with van der Waals surface area (Å²) in [4.78, 5) is 12.9. The van der Waals surface area contributed by atoms with E-state index < -0.39 is 17.5 Å². The Hall–Kier alpha value is -2.43. The van der Waals surface area contributed by atoms with Crippen LogP contribution in [0.1, 0.15) is 11.1 Å². The van der Waals surface area contributed by atoms with Crippen LogP contribution in [-0.4, -0.2) is 29.2 Å². The van der Waals surface area contributed by atoms with Crippen molar-refractivity contribution >= 4 is 11.4 Å². The Labute approximate surface area is 128 Å². The number of hydrogen-bond donors (Lipinski definition) is 2. The van der Waals surface area contributed by atoms with E-state index in [4.69, 9.17) is 4.74 Å². The van der Waals surface area contributed by atoms with Gasteiger partial charge in [-0.05, 0) is 11.1 Å². The summed E-state index contributed by atoms with van der Waals surface area (Å²) in [5.74, 6) is -0.475. The van der Waals surface area contributed by atoms with Gasteiger partial charge in [0.25, 0.3) is 0 Å². The van der Waals surface area contributed by atoms with Crippen LogP contribution in [0.2, 0.25) is 0 Å². The summed E-state index contributed by atoms with van der Waals surface area (Å²) >= 11 is 0. The first kappa shape index (κ1) is 14.5. The van der Waals surface area contributed by atoms with Crippen LogP contribution >= 0.6 is 0 Å². The van der Waals surface area contributed by atoms with Crippen molar-refractivity contribution in [2.24, 2.45) is 0 Å². The lowest BCUT2D eigenvalue weighted by molar-refractivity contribution is -0.141. The zero-order valence-electron chi connectivity index (χ0n) is 12.1. The van der Waals surface area contributed by atoms with E-state index in [0.29, 0.717) is 11.1 Å². The molecule has 0 fully saturated rings. The highest BCUT2D eigenvalue weighted by Gasteiger charge is 2.55. The molecular weight excluding hydrogens is 280 g/mol. The Morgan fingerprint density at radius 1 is 1.00 bits per heavy atom. The molecule has 2 aromatic carbocycles. The number of hydrogen-bond acceptors (Lipinski definition) is 4. The number of aliphatic hydroxyl groups excluding tert-OH is 1. The minimum atomic E-state index is -2.03. The van der Waals surface area contributed by atoms with Crippen molar-refractivity contribution < 1.29 is 19.7 Å². The number of ether oxygens (including phenoxy) is 1. The third-order valence-electron chi connectivity index (χ3n) is 3.96. The maximum absolute atomic E-state index is 12.9. The monoisotopic (exact) mass is 296 g/mol. The Morgan fingerprint density at radius 2 is 1.55 bits per heavy atom. The fourth-order valence-electron chi connectivity index (χ4n) is 2.83. The van der Waals surface area contributed by atoms with Crippen molar-refractivity contribution in [1.82, 2.24) is 0 Å². The second-order valence-corrected chi connectivity index (χ2v) is 5.17. The standard InChI is InChI=1S/C18H16O4/c1-22-15-14(12-8-4-2-5-9-12)16(19)18(21,17(15)20)13-10-6-3-7-11-13/h2-11,17,20-21H,1H3/t17-,18-/m1/s1. The molecule has 4 nitrogen and oxygen atoms in total. The quantitative estimate of drug-likeness (QED) is 0.907. The van der Waals surface area contributed by atoms with E-state index in [1.807, 2.05) is 6.07 Å². The van der Waals surface area contributed by atoms with Gasteiger partial charge in [0.2, 0.25) is 5.78 Å². The average Bonchev–Trinajstić information content (AvgIpc) is 2.78. The van der Waals surface area contributed by atoms with E-state index in [1.165, 1.54) is 7.11 Å². The zero-order chi connectivity index (χ0) is 15.7.